The van der Waals surface area contributed by atoms with E-state index in [0.717, 1.165) is 44.8 Å². The second-order valence-corrected chi connectivity index (χ2v) is 6.55. The van der Waals surface area contributed by atoms with Crippen molar-refractivity contribution in [2.75, 3.05) is 33.8 Å². The molecule has 0 saturated carbocycles. The quantitative estimate of drug-likeness (QED) is 0.863. The van der Waals surface area contributed by atoms with Crippen LogP contribution in [0.2, 0.25) is 0 Å². The molecular weight excluding hydrogens is 359 g/mol. The van der Waals surface area contributed by atoms with E-state index in [9.17, 15) is 0 Å². The fourth-order valence-electron chi connectivity index (χ4n) is 4.05. The number of piperidine rings is 1. The lowest BCUT2D eigenvalue weighted by Crippen LogP contribution is -2.55. The standard InChI is InChI=1S/C18H24N4O.2ClH/c1-21-11-12-22-16(14-3-5-15(23-2)6-4-14)13-20-17(22)18(21)7-9-19-10-8-18;;/h3-6,13,19H,7-12H2,1-2H3;2*1H. The average molecular weight is 385 g/mol. The zero-order valence-corrected chi connectivity index (χ0v) is 16.3. The Balaban J connectivity index is 0.00000113. The molecule has 2 aliphatic heterocycles. The fourth-order valence-corrected chi connectivity index (χ4v) is 4.05. The third-order valence-electron chi connectivity index (χ3n) is 5.48. The lowest BCUT2D eigenvalue weighted by Gasteiger charge is -2.47. The number of nitrogens with one attached hydrogen (secondary N) is 1. The van der Waals surface area contributed by atoms with E-state index >= 15 is 0 Å². The molecule has 1 fully saturated rings. The Morgan fingerprint density at radius 1 is 1.08 bits per heavy atom. The SMILES string of the molecule is COc1ccc(-c2cnc3n2CCN(C)C32CCNCC2)cc1.Cl.Cl. The minimum atomic E-state index is 0. The molecule has 2 aromatic rings. The first-order valence-electron chi connectivity index (χ1n) is 8.37. The van der Waals surface area contributed by atoms with E-state index in [1.165, 1.54) is 17.1 Å². The van der Waals surface area contributed by atoms with Gasteiger partial charge in [0.15, 0.2) is 0 Å². The summed E-state index contributed by atoms with van der Waals surface area (Å²) in [4.78, 5) is 7.37. The highest BCUT2D eigenvalue weighted by molar-refractivity contribution is 5.85. The molecule has 4 rings (SSSR count). The lowest BCUT2D eigenvalue weighted by molar-refractivity contribution is 0.0440. The van der Waals surface area contributed by atoms with Gasteiger partial charge in [-0.3, -0.25) is 4.90 Å². The lowest BCUT2D eigenvalue weighted by atomic mass is 9.84. The van der Waals surface area contributed by atoms with Crippen LogP contribution in [0.15, 0.2) is 30.5 Å². The monoisotopic (exact) mass is 384 g/mol. The van der Waals surface area contributed by atoms with Crippen molar-refractivity contribution in [1.82, 2.24) is 19.8 Å². The third kappa shape index (κ3) is 3.26. The first kappa shape index (κ1) is 20.0. The summed E-state index contributed by atoms with van der Waals surface area (Å²) in [5, 5.41) is 3.48. The number of fused-ring (bicyclic) bond motifs is 2. The molecule has 1 spiro atoms. The Bertz CT molecular complexity index is 696. The molecule has 25 heavy (non-hydrogen) atoms. The molecule has 3 heterocycles. The summed E-state index contributed by atoms with van der Waals surface area (Å²) < 4.78 is 7.69. The number of benzene rings is 1. The molecule has 138 valence electrons. The smallest absolute Gasteiger partial charge is 0.129 e. The van der Waals surface area contributed by atoms with Gasteiger partial charge in [0.1, 0.15) is 11.6 Å². The Morgan fingerprint density at radius 3 is 2.40 bits per heavy atom. The number of imidazole rings is 1. The molecular formula is C18H26Cl2N4O. The molecule has 0 atom stereocenters. The van der Waals surface area contributed by atoms with Gasteiger partial charge in [-0.05, 0) is 57.2 Å². The van der Waals surface area contributed by atoms with Gasteiger partial charge in [0, 0.05) is 18.7 Å². The summed E-state index contributed by atoms with van der Waals surface area (Å²) >= 11 is 0. The molecule has 0 bridgehead atoms. The van der Waals surface area contributed by atoms with Gasteiger partial charge in [0.05, 0.1) is 24.5 Å². The molecule has 0 unspecified atom stereocenters. The van der Waals surface area contributed by atoms with Crippen LogP contribution in [-0.2, 0) is 12.1 Å². The second-order valence-electron chi connectivity index (χ2n) is 6.55. The number of hydrogen-bond donors (Lipinski definition) is 1. The van der Waals surface area contributed by atoms with Crippen molar-refractivity contribution in [1.29, 1.82) is 0 Å². The Kier molecular flexibility index (Phi) is 6.38. The van der Waals surface area contributed by atoms with Crippen LogP contribution in [0.1, 0.15) is 18.7 Å². The molecule has 2 aliphatic rings. The summed E-state index contributed by atoms with van der Waals surface area (Å²) in [6.45, 7) is 4.21. The minimum absolute atomic E-state index is 0. The van der Waals surface area contributed by atoms with Gasteiger partial charge in [0.25, 0.3) is 0 Å². The van der Waals surface area contributed by atoms with Crippen molar-refractivity contribution in [3.8, 4) is 17.0 Å². The van der Waals surface area contributed by atoms with Gasteiger partial charge in [-0.2, -0.15) is 0 Å². The highest BCUT2D eigenvalue weighted by atomic mass is 35.5. The maximum atomic E-state index is 5.27. The molecule has 7 heteroatoms. The maximum absolute atomic E-state index is 5.27. The Hall–Kier alpha value is -1.27. The zero-order chi connectivity index (χ0) is 15.9. The van der Waals surface area contributed by atoms with E-state index in [0.29, 0.717) is 0 Å². The van der Waals surface area contributed by atoms with Crippen molar-refractivity contribution >= 4 is 24.8 Å². The summed E-state index contributed by atoms with van der Waals surface area (Å²) in [5.74, 6) is 2.13. The van der Waals surface area contributed by atoms with Gasteiger partial charge in [-0.1, -0.05) is 0 Å². The largest absolute Gasteiger partial charge is 0.497 e. The summed E-state index contributed by atoms with van der Waals surface area (Å²) in [6, 6.07) is 8.28. The molecule has 1 N–H and O–H groups in total. The third-order valence-corrected chi connectivity index (χ3v) is 5.48. The molecule has 0 amide bonds. The van der Waals surface area contributed by atoms with Crippen LogP contribution < -0.4 is 10.1 Å². The van der Waals surface area contributed by atoms with E-state index in [2.05, 4.69) is 34.0 Å². The van der Waals surface area contributed by atoms with Crippen molar-refractivity contribution in [2.45, 2.75) is 24.9 Å². The van der Waals surface area contributed by atoms with E-state index in [1.54, 1.807) is 7.11 Å². The minimum Gasteiger partial charge on any atom is -0.497 e. The maximum Gasteiger partial charge on any atom is 0.129 e. The average Bonchev–Trinajstić information content (AvgIpc) is 3.04. The number of hydrogen-bond acceptors (Lipinski definition) is 4. The number of methoxy groups -OCH3 is 1. The first-order chi connectivity index (χ1) is 11.2. The molecule has 1 aromatic carbocycles. The van der Waals surface area contributed by atoms with E-state index in [4.69, 9.17) is 9.72 Å². The molecule has 5 nitrogen and oxygen atoms in total. The number of likely N-dealkylation sites (N-methyl/N-ethyl adjacent to an activating group) is 1. The van der Waals surface area contributed by atoms with E-state index in [-0.39, 0.29) is 30.4 Å². The van der Waals surface area contributed by atoms with Crippen LogP contribution >= 0.6 is 24.8 Å². The van der Waals surface area contributed by atoms with Gasteiger partial charge in [-0.25, -0.2) is 4.98 Å². The molecule has 1 aromatic heterocycles. The van der Waals surface area contributed by atoms with Crippen molar-refractivity contribution in [3.05, 3.63) is 36.3 Å². The first-order valence-corrected chi connectivity index (χ1v) is 8.37. The van der Waals surface area contributed by atoms with Crippen LogP contribution in [-0.4, -0.2) is 48.2 Å². The number of nitrogens with zero attached hydrogens (tertiary/aromatic N) is 3. The van der Waals surface area contributed by atoms with Gasteiger partial charge in [0.2, 0.25) is 0 Å². The summed E-state index contributed by atoms with van der Waals surface area (Å²) in [6.07, 6.45) is 4.30. The predicted molar refractivity (Wildman–Crippen MR) is 105 cm³/mol. The van der Waals surface area contributed by atoms with E-state index < -0.39 is 0 Å². The Labute approximate surface area is 161 Å². The van der Waals surface area contributed by atoms with Crippen molar-refractivity contribution in [2.24, 2.45) is 0 Å². The highest BCUT2D eigenvalue weighted by Crippen LogP contribution is 2.40. The summed E-state index contributed by atoms with van der Waals surface area (Å²) in [7, 11) is 3.95. The van der Waals surface area contributed by atoms with Crippen LogP contribution in [0.4, 0.5) is 0 Å². The van der Waals surface area contributed by atoms with Crippen LogP contribution in [0.25, 0.3) is 11.3 Å². The molecule has 0 aliphatic carbocycles. The van der Waals surface area contributed by atoms with Crippen LogP contribution in [0, 0.1) is 0 Å². The van der Waals surface area contributed by atoms with Gasteiger partial charge in [-0.15, -0.1) is 24.8 Å². The van der Waals surface area contributed by atoms with Crippen molar-refractivity contribution < 1.29 is 4.74 Å². The van der Waals surface area contributed by atoms with Crippen LogP contribution in [0.5, 0.6) is 5.75 Å². The fraction of sp³-hybridized carbons (Fsp3) is 0.500. The van der Waals surface area contributed by atoms with E-state index in [1.807, 2.05) is 18.3 Å². The van der Waals surface area contributed by atoms with Crippen LogP contribution in [0.3, 0.4) is 0 Å². The summed E-state index contributed by atoms with van der Waals surface area (Å²) in [5.41, 5.74) is 2.51. The number of rotatable bonds is 2. The topological polar surface area (TPSA) is 42.3 Å². The van der Waals surface area contributed by atoms with Crippen molar-refractivity contribution in [3.63, 3.8) is 0 Å². The zero-order valence-electron chi connectivity index (χ0n) is 14.7. The van der Waals surface area contributed by atoms with Gasteiger partial charge < -0.3 is 14.6 Å². The normalized spacial score (nSPS) is 18.8. The molecule has 1 saturated heterocycles. The van der Waals surface area contributed by atoms with Gasteiger partial charge >= 0.3 is 0 Å². The predicted octanol–water partition coefficient (Wildman–Crippen LogP) is 2.93. The molecule has 0 radical (unpaired) electrons. The highest BCUT2D eigenvalue weighted by Gasteiger charge is 2.44. The Morgan fingerprint density at radius 2 is 1.76 bits per heavy atom. The number of ether oxygens (including phenoxy) is 1. The number of aromatic nitrogens is 2. The number of halogens is 2. The second kappa shape index (κ2) is 7.96.